The van der Waals surface area contributed by atoms with Gasteiger partial charge in [-0.15, -0.1) is 11.3 Å². The summed E-state index contributed by atoms with van der Waals surface area (Å²) in [4.78, 5) is 4.56. The van der Waals surface area contributed by atoms with E-state index in [1.807, 2.05) is 42.6 Å². The Balaban J connectivity index is 1.85. The highest BCUT2D eigenvalue weighted by molar-refractivity contribution is 7.14. The van der Waals surface area contributed by atoms with Gasteiger partial charge in [0.05, 0.1) is 5.69 Å². The fraction of sp³-hybridized carbons (Fsp3) is 0.0625. The maximum Gasteiger partial charge on any atom is 0.187 e. The Kier molecular flexibility index (Phi) is 3.82. The molecule has 0 unspecified atom stereocenters. The number of aromatic nitrogens is 1. The summed E-state index contributed by atoms with van der Waals surface area (Å²) in [5, 5.41) is 16.1. The molecule has 0 saturated carbocycles. The zero-order valence-corrected chi connectivity index (χ0v) is 12.9. The Morgan fingerprint density at radius 2 is 1.90 bits per heavy atom. The Labute approximate surface area is 131 Å². The molecule has 0 bridgehead atoms. The van der Waals surface area contributed by atoms with E-state index in [-0.39, 0.29) is 5.75 Å². The van der Waals surface area contributed by atoms with E-state index in [0.717, 1.165) is 32.7 Å². The zero-order chi connectivity index (χ0) is 14.8. The van der Waals surface area contributed by atoms with Gasteiger partial charge in [-0.25, -0.2) is 4.98 Å². The Morgan fingerprint density at radius 3 is 2.67 bits per heavy atom. The molecule has 5 heteroatoms. The fourth-order valence-corrected chi connectivity index (χ4v) is 2.86. The molecule has 2 aromatic carbocycles. The molecule has 3 nitrogen and oxygen atoms in total. The Bertz CT molecular complexity index is 768. The predicted molar refractivity (Wildman–Crippen MR) is 88.7 cm³/mol. The van der Waals surface area contributed by atoms with Gasteiger partial charge in [-0.05, 0) is 48.9 Å². The van der Waals surface area contributed by atoms with E-state index < -0.39 is 0 Å². The van der Waals surface area contributed by atoms with Gasteiger partial charge in [0.25, 0.3) is 0 Å². The van der Waals surface area contributed by atoms with E-state index in [1.54, 1.807) is 12.1 Å². The molecule has 0 fully saturated rings. The van der Waals surface area contributed by atoms with Crippen molar-refractivity contribution in [2.75, 3.05) is 5.32 Å². The van der Waals surface area contributed by atoms with Crippen molar-refractivity contribution >= 4 is 33.8 Å². The topological polar surface area (TPSA) is 45.2 Å². The summed E-state index contributed by atoms with van der Waals surface area (Å²) in [6, 6.07) is 12.8. The van der Waals surface area contributed by atoms with Crippen molar-refractivity contribution in [2.45, 2.75) is 6.92 Å². The normalized spacial score (nSPS) is 10.6. The number of phenols is 1. The highest BCUT2D eigenvalue weighted by Crippen LogP contribution is 2.30. The van der Waals surface area contributed by atoms with Gasteiger partial charge in [-0.3, -0.25) is 0 Å². The number of nitrogens with zero attached hydrogens (tertiary/aromatic N) is 1. The molecule has 1 aromatic heterocycles. The minimum Gasteiger partial charge on any atom is -0.508 e. The highest BCUT2D eigenvalue weighted by atomic mass is 35.5. The summed E-state index contributed by atoms with van der Waals surface area (Å²) in [5.41, 5.74) is 3.80. The second-order valence-electron chi connectivity index (χ2n) is 4.62. The van der Waals surface area contributed by atoms with E-state index >= 15 is 0 Å². The molecule has 1 heterocycles. The number of phenolic OH excluding ortho intramolecular Hbond substituents is 1. The lowest BCUT2D eigenvalue weighted by Crippen LogP contribution is -1.92. The fourth-order valence-electron chi connectivity index (χ4n) is 1.95. The largest absolute Gasteiger partial charge is 0.508 e. The zero-order valence-electron chi connectivity index (χ0n) is 11.3. The van der Waals surface area contributed by atoms with E-state index in [4.69, 9.17) is 11.6 Å². The first kappa shape index (κ1) is 13.9. The monoisotopic (exact) mass is 316 g/mol. The number of hydrogen-bond acceptors (Lipinski definition) is 4. The van der Waals surface area contributed by atoms with Crippen molar-refractivity contribution < 1.29 is 5.11 Å². The molecule has 3 rings (SSSR count). The summed E-state index contributed by atoms with van der Waals surface area (Å²) in [7, 11) is 0. The Hall–Kier alpha value is -2.04. The number of rotatable bonds is 3. The van der Waals surface area contributed by atoms with Crippen LogP contribution in [0.1, 0.15) is 5.56 Å². The molecule has 0 amide bonds. The van der Waals surface area contributed by atoms with Crippen LogP contribution in [0.15, 0.2) is 47.8 Å². The minimum absolute atomic E-state index is 0.252. The number of hydrogen-bond donors (Lipinski definition) is 2. The highest BCUT2D eigenvalue weighted by Gasteiger charge is 2.07. The van der Waals surface area contributed by atoms with Gasteiger partial charge < -0.3 is 10.4 Å². The molecule has 0 radical (unpaired) electrons. The number of nitrogens with one attached hydrogen (secondary N) is 1. The van der Waals surface area contributed by atoms with Gasteiger partial charge in [-0.1, -0.05) is 17.7 Å². The average Bonchev–Trinajstić information content (AvgIpc) is 2.93. The van der Waals surface area contributed by atoms with Crippen LogP contribution in [-0.2, 0) is 0 Å². The number of thiazole rings is 1. The lowest BCUT2D eigenvalue weighted by Gasteiger charge is -2.07. The summed E-state index contributed by atoms with van der Waals surface area (Å²) < 4.78 is 0. The second-order valence-corrected chi connectivity index (χ2v) is 5.89. The molecule has 0 aliphatic carbocycles. The van der Waals surface area contributed by atoms with Crippen molar-refractivity contribution in [1.82, 2.24) is 4.98 Å². The molecule has 21 heavy (non-hydrogen) atoms. The molecule has 106 valence electrons. The third kappa shape index (κ3) is 3.01. The summed E-state index contributed by atoms with van der Waals surface area (Å²) in [5.74, 6) is 0.252. The molecule has 0 spiro atoms. The number of anilines is 2. The number of benzene rings is 2. The van der Waals surface area contributed by atoms with Crippen molar-refractivity contribution in [3.63, 3.8) is 0 Å². The SMILES string of the molecule is Cc1c(Cl)cccc1Nc1nc(-c2ccc(O)cc2)cs1. The van der Waals surface area contributed by atoms with Crippen molar-refractivity contribution in [3.8, 4) is 17.0 Å². The van der Waals surface area contributed by atoms with Crippen LogP contribution in [0.4, 0.5) is 10.8 Å². The molecular weight excluding hydrogens is 304 g/mol. The number of aromatic hydroxyl groups is 1. The van der Waals surface area contributed by atoms with Crippen molar-refractivity contribution in [2.24, 2.45) is 0 Å². The van der Waals surface area contributed by atoms with Gasteiger partial charge in [0.1, 0.15) is 5.75 Å². The van der Waals surface area contributed by atoms with Gasteiger partial charge in [0, 0.05) is 21.7 Å². The minimum atomic E-state index is 0.252. The maximum atomic E-state index is 9.32. The molecule has 3 aromatic rings. The first-order chi connectivity index (χ1) is 10.1. The van der Waals surface area contributed by atoms with Crippen molar-refractivity contribution in [1.29, 1.82) is 0 Å². The lowest BCUT2D eigenvalue weighted by atomic mass is 10.2. The van der Waals surface area contributed by atoms with E-state index in [9.17, 15) is 5.11 Å². The molecular formula is C16H13ClN2OS. The first-order valence-corrected chi connectivity index (χ1v) is 7.66. The van der Waals surface area contributed by atoms with E-state index in [1.165, 1.54) is 11.3 Å². The number of halogens is 1. The van der Waals surface area contributed by atoms with Gasteiger partial charge in [-0.2, -0.15) is 0 Å². The van der Waals surface area contributed by atoms with Gasteiger partial charge >= 0.3 is 0 Å². The smallest absolute Gasteiger partial charge is 0.187 e. The van der Waals surface area contributed by atoms with Crippen LogP contribution in [-0.4, -0.2) is 10.1 Å². The van der Waals surface area contributed by atoms with Gasteiger partial charge in [0.15, 0.2) is 5.13 Å². The van der Waals surface area contributed by atoms with Crippen LogP contribution in [0, 0.1) is 6.92 Å². The molecule has 0 atom stereocenters. The summed E-state index contributed by atoms with van der Waals surface area (Å²) >= 11 is 7.65. The van der Waals surface area contributed by atoms with Crippen LogP contribution in [0.5, 0.6) is 5.75 Å². The lowest BCUT2D eigenvalue weighted by molar-refractivity contribution is 0.475. The summed E-state index contributed by atoms with van der Waals surface area (Å²) in [6.45, 7) is 1.97. The van der Waals surface area contributed by atoms with Crippen LogP contribution in [0.3, 0.4) is 0 Å². The first-order valence-electron chi connectivity index (χ1n) is 6.40. The van der Waals surface area contributed by atoms with Crippen LogP contribution >= 0.6 is 22.9 Å². The van der Waals surface area contributed by atoms with Crippen LogP contribution < -0.4 is 5.32 Å². The van der Waals surface area contributed by atoms with E-state index in [2.05, 4.69) is 10.3 Å². The molecule has 2 N–H and O–H groups in total. The molecule has 0 aliphatic heterocycles. The summed E-state index contributed by atoms with van der Waals surface area (Å²) in [6.07, 6.45) is 0. The average molecular weight is 317 g/mol. The third-order valence-corrected chi connectivity index (χ3v) is 4.34. The van der Waals surface area contributed by atoms with Crippen LogP contribution in [0.25, 0.3) is 11.3 Å². The predicted octanol–water partition coefficient (Wildman–Crippen LogP) is 5.22. The van der Waals surface area contributed by atoms with E-state index in [0.29, 0.717) is 0 Å². The molecule has 0 aliphatic rings. The van der Waals surface area contributed by atoms with Crippen LogP contribution in [0.2, 0.25) is 5.02 Å². The molecule has 0 saturated heterocycles. The quantitative estimate of drug-likeness (QED) is 0.696. The third-order valence-electron chi connectivity index (χ3n) is 3.18. The van der Waals surface area contributed by atoms with Gasteiger partial charge in [0.2, 0.25) is 0 Å². The Morgan fingerprint density at radius 1 is 1.14 bits per heavy atom. The maximum absolute atomic E-state index is 9.32. The van der Waals surface area contributed by atoms with Crippen molar-refractivity contribution in [3.05, 3.63) is 58.4 Å². The standard InChI is InChI=1S/C16H13ClN2OS/c1-10-13(17)3-2-4-14(10)18-16-19-15(9-21-16)11-5-7-12(20)8-6-11/h2-9,20H,1H3,(H,18,19). The second kappa shape index (κ2) is 5.76.